The van der Waals surface area contributed by atoms with E-state index in [1.807, 2.05) is 12.1 Å². The molecule has 0 aliphatic heterocycles. The second kappa shape index (κ2) is 7.49. The molecule has 0 saturated heterocycles. The van der Waals surface area contributed by atoms with Crippen LogP contribution < -0.4 is 0 Å². The van der Waals surface area contributed by atoms with Crippen molar-refractivity contribution in [1.29, 1.82) is 0 Å². The van der Waals surface area contributed by atoms with Gasteiger partial charge in [0.15, 0.2) is 0 Å². The minimum absolute atomic E-state index is 0.301. The highest BCUT2D eigenvalue weighted by Gasteiger charge is 2.05. The lowest BCUT2D eigenvalue weighted by Gasteiger charge is -2.20. The molecule has 0 atom stereocenters. The van der Waals surface area contributed by atoms with E-state index in [9.17, 15) is 5.11 Å². The maximum Gasteiger partial charge on any atom is 0.115 e. The molecule has 0 bridgehead atoms. The third-order valence-electron chi connectivity index (χ3n) is 2.33. The first-order valence-electron chi connectivity index (χ1n) is 5.31. The van der Waals surface area contributed by atoms with E-state index in [2.05, 4.69) is 4.90 Å². The van der Waals surface area contributed by atoms with E-state index >= 15 is 0 Å². The Labute approximate surface area is 102 Å². The van der Waals surface area contributed by atoms with Crippen LogP contribution in [0.15, 0.2) is 24.3 Å². The van der Waals surface area contributed by atoms with Crippen LogP contribution in [0.4, 0.5) is 0 Å². The number of phenolic OH excluding ortho intramolecular Hbond substituents is 1. The number of nitrogens with zero attached hydrogens (tertiary/aromatic N) is 1. The van der Waals surface area contributed by atoms with Gasteiger partial charge in [-0.15, -0.1) is 11.6 Å². The van der Waals surface area contributed by atoms with E-state index in [0.717, 1.165) is 25.2 Å². The van der Waals surface area contributed by atoms with Crippen molar-refractivity contribution in [2.24, 2.45) is 0 Å². The fraction of sp³-hybridized carbons (Fsp3) is 0.500. The Kier molecular flexibility index (Phi) is 6.23. The second-order valence-electron chi connectivity index (χ2n) is 3.63. The highest BCUT2D eigenvalue weighted by molar-refractivity contribution is 6.18. The van der Waals surface area contributed by atoms with Crippen molar-refractivity contribution in [1.82, 2.24) is 4.90 Å². The third-order valence-corrected chi connectivity index (χ3v) is 2.50. The van der Waals surface area contributed by atoms with Crippen molar-refractivity contribution in [2.45, 2.75) is 6.54 Å². The van der Waals surface area contributed by atoms with E-state index in [0.29, 0.717) is 18.2 Å². The number of hydrogen-bond donors (Lipinski definition) is 1. The molecular weight excluding hydrogens is 226 g/mol. The Bertz CT molecular complexity index is 307. The van der Waals surface area contributed by atoms with Gasteiger partial charge in [-0.1, -0.05) is 12.1 Å². The van der Waals surface area contributed by atoms with Crippen LogP contribution >= 0.6 is 11.6 Å². The lowest BCUT2D eigenvalue weighted by Crippen LogP contribution is -2.28. The molecule has 0 aliphatic carbocycles. The van der Waals surface area contributed by atoms with Gasteiger partial charge in [0, 0.05) is 32.6 Å². The fourth-order valence-electron chi connectivity index (χ4n) is 1.52. The molecule has 4 heteroatoms. The van der Waals surface area contributed by atoms with Gasteiger partial charge >= 0.3 is 0 Å². The Morgan fingerprint density at radius 3 is 2.81 bits per heavy atom. The SMILES string of the molecule is COCCN(CCCl)Cc1cccc(O)c1. The minimum Gasteiger partial charge on any atom is -0.508 e. The summed E-state index contributed by atoms with van der Waals surface area (Å²) >= 11 is 5.74. The van der Waals surface area contributed by atoms with Gasteiger partial charge in [0.05, 0.1) is 6.61 Å². The van der Waals surface area contributed by atoms with Gasteiger partial charge in [-0.05, 0) is 17.7 Å². The summed E-state index contributed by atoms with van der Waals surface area (Å²) in [5.41, 5.74) is 1.08. The first-order chi connectivity index (χ1) is 7.76. The molecule has 90 valence electrons. The zero-order valence-corrected chi connectivity index (χ0v) is 10.3. The summed E-state index contributed by atoms with van der Waals surface area (Å²) < 4.78 is 5.05. The van der Waals surface area contributed by atoms with Crippen molar-refractivity contribution in [3.8, 4) is 5.75 Å². The number of rotatable bonds is 7. The van der Waals surface area contributed by atoms with E-state index in [1.54, 1.807) is 19.2 Å². The molecule has 0 fully saturated rings. The third kappa shape index (κ3) is 4.84. The first-order valence-corrected chi connectivity index (χ1v) is 5.85. The molecule has 1 aromatic carbocycles. The van der Waals surface area contributed by atoms with Crippen molar-refractivity contribution in [3.63, 3.8) is 0 Å². The van der Waals surface area contributed by atoms with Gasteiger partial charge < -0.3 is 9.84 Å². The number of benzene rings is 1. The summed E-state index contributed by atoms with van der Waals surface area (Å²) in [6.45, 7) is 3.14. The number of ether oxygens (including phenoxy) is 1. The van der Waals surface area contributed by atoms with Gasteiger partial charge in [-0.2, -0.15) is 0 Å². The molecule has 0 amide bonds. The smallest absolute Gasteiger partial charge is 0.115 e. The van der Waals surface area contributed by atoms with Gasteiger partial charge in [0.2, 0.25) is 0 Å². The van der Waals surface area contributed by atoms with Crippen LogP contribution in [0.2, 0.25) is 0 Å². The number of alkyl halides is 1. The van der Waals surface area contributed by atoms with Gasteiger partial charge in [0.1, 0.15) is 5.75 Å². The molecule has 0 aliphatic rings. The van der Waals surface area contributed by atoms with Gasteiger partial charge in [-0.25, -0.2) is 0 Å². The Morgan fingerprint density at radius 2 is 2.19 bits per heavy atom. The molecule has 0 heterocycles. The van der Waals surface area contributed by atoms with E-state index in [4.69, 9.17) is 16.3 Å². The summed E-state index contributed by atoms with van der Waals surface area (Å²) in [5, 5.41) is 9.36. The monoisotopic (exact) mass is 243 g/mol. The molecule has 0 unspecified atom stereocenters. The zero-order chi connectivity index (χ0) is 11.8. The number of aromatic hydroxyl groups is 1. The summed E-state index contributed by atoms with van der Waals surface area (Å²) in [4.78, 5) is 2.20. The number of halogens is 1. The van der Waals surface area contributed by atoms with Crippen LogP contribution in [0.25, 0.3) is 0 Å². The minimum atomic E-state index is 0.301. The van der Waals surface area contributed by atoms with Crippen LogP contribution in [-0.4, -0.2) is 42.7 Å². The maximum absolute atomic E-state index is 9.36. The normalized spacial score (nSPS) is 10.9. The Balaban J connectivity index is 2.52. The first kappa shape index (κ1) is 13.3. The molecular formula is C12H18ClNO2. The molecule has 16 heavy (non-hydrogen) atoms. The molecule has 0 aromatic heterocycles. The topological polar surface area (TPSA) is 32.7 Å². The van der Waals surface area contributed by atoms with Crippen molar-refractivity contribution >= 4 is 11.6 Å². The lowest BCUT2D eigenvalue weighted by molar-refractivity contribution is 0.148. The van der Waals surface area contributed by atoms with Crippen molar-refractivity contribution in [2.75, 3.05) is 32.7 Å². The second-order valence-corrected chi connectivity index (χ2v) is 4.01. The number of phenols is 1. The molecule has 1 rings (SSSR count). The molecule has 3 nitrogen and oxygen atoms in total. The summed E-state index contributed by atoms with van der Waals surface area (Å²) in [7, 11) is 1.69. The van der Waals surface area contributed by atoms with Crippen LogP contribution in [-0.2, 0) is 11.3 Å². The fourth-order valence-corrected chi connectivity index (χ4v) is 1.76. The summed E-state index contributed by atoms with van der Waals surface area (Å²) in [5.74, 6) is 0.901. The average molecular weight is 244 g/mol. The molecule has 0 spiro atoms. The molecule has 1 aromatic rings. The van der Waals surface area contributed by atoms with Crippen molar-refractivity contribution < 1.29 is 9.84 Å². The van der Waals surface area contributed by atoms with Gasteiger partial charge in [0.25, 0.3) is 0 Å². The molecule has 1 N–H and O–H groups in total. The predicted octanol–water partition coefficient (Wildman–Crippen LogP) is 2.08. The van der Waals surface area contributed by atoms with E-state index in [-0.39, 0.29) is 0 Å². The maximum atomic E-state index is 9.36. The Morgan fingerprint density at radius 1 is 1.38 bits per heavy atom. The molecule has 0 radical (unpaired) electrons. The highest BCUT2D eigenvalue weighted by atomic mass is 35.5. The molecule has 0 saturated carbocycles. The quantitative estimate of drug-likeness (QED) is 0.745. The van der Waals surface area contributed by atoms with Crippen LogP contribution in [0.3, 0.4) is 0 Å². The van der Waals surface area contributed by atoms with Crippen LogP contribution in [0, 0.1) is 0 Å². The van der Waals surface area contributed by atoms with Crippen LogP contribution in [0.1, 0.15) is 5.56 Å². The van der Waals surface area contributed by atoms with Crippen molar-refractivity contribution in [3.05, 3.63) is 29.8 Å². The zero-order valence-electron chi connectivity index (χ0n) is 9.53. The van der Waals surface area contributed by atoms with Gasteiger partial charge in [-0.3, -0.25) is 4.90 Å². The largest absolute Gasteiger partial charge is 0.508 e. The van der Waals surface area contributed by atoms with E-state index < -0.39 is 0 Å². The van der Waals surface area contributed by atoms with Crippen LogP contribution in [0.5, 0.6) is 5.75 Å². The Hall–Kier alpha value is -0.770. The van der Waals surface area contributed by atoms with E-state index in [1.165, 1.54) is 0 Å². The lowest BCUT2D eigenvalue weighted by atomic mass is 10.2. The predicted molar refractivity (Wildman–Crippen MR) is 66.0 cm³/mol. The highest BCUT2D eigenvalue weighted by Crippen LogP contribution is 2.12. The summed E-state index contributed by atoms with van der Waals surface area (Å²) in [6, 6.07) is 7.28. The standard InChI is InChI=1S/C12H18ClNO2/c1-16-8-7-14(6-5-13)10-11-3-2-4-12(15)9-11/h2-4,9,15H,5-8,10H2,1H3. The summed E-state index contributed by atoms with van der Waals surface area (Å²) in [6.07, 6.45) is 0. The average Bonchev–Trinajstić information content (AvgIpc) is 2.26. The number of hydrogen-bond acceptors (Lipinski definition) is 3. The number of methoxy groups -OCH3 is 1.